The lowest BCUT2D eigenvalue weighted by atomic mass is 10.1. The van der Waals surface area contributed by atoms with Gasteiger partial charge in [0.25, 0.3) is 5.79 Å². The molecule has 0 atom stereocenters. The van der Waals surface area contributed by atoms with Crippen molar-refractivity contribution in [1.82, 2.24) is 0 Å². The van der Waals surface area contributed by atoms with Crippen molar-refractivity contribution in [2.45, 2.75) is 5.79 Å². The maximum atomic E-state index is 8.27. The number of azide groups is 1. The van der Waals surface area contributed by atoms with Crippen LogP contribution in [0, 0.1) is 0 Å². The van der Waals surface area contributed by atoms with E-state index in [1.165, 1.54) is 0 Å². The quantitative estimate of drug-likeness (QED) is 0.393. The molecule has 0 saturated heterocycles. The summed E-state index contributed by atoms with van der Waals surface area (Å²) >= 11 is 5.69. The summed E-state index contributed by atoms with van der Waals surface area (Å²) in [6, 6.07) is 6.87. The maximum Gasteiger partial charge on any atom is 0.293 e. The largest absolute Gasteiger partial charge is 0.293 e. The van der Waals surface area contributed by atoms with E-state index in [0.717, 1.165) is 5.56 Å². The Labute approximate surface area is 78.7 Å². The molecule has 5 nitrogen and oxygen atoms in total. The number of nitrogens with zero attached hydrogens (tertiary/aromatic N) is 5. The van der Waals surface area contributed by atoms with Gasteiger partial charge in [-0.1, -0.05) is 23.7 Å². The third kappa shape index (κ3) is 1.35. The molecular formula is C7H4ClN5. The number of hydrogen-bond acceptors (Lipinski definition) is 3. The van der Waals surface area contributed by atoms with E-state index < -0.39 is 5.79 Å². The molecule has 0 unspecified atom stereocenters. The second-order valence-electron chi connectivity index (χ2n) is 2.53. The van der Waals surface area contributed by atoms with Crippen molar-refractivity contribution < 1.29 is 0 Å². The zero-order valence-electron chi connectivity index (χ0n) is 6.42. The Balaban J connectivity index is 2.36. The maximum absolute atomic E-state index is 8.27. The Morgan fingerprint density at radius 3 is 2.38 bits per heavy atom. The Hall–Kier alpha value is -1.58. The molecule has 0 bridgehead atoms. The van der Waals surface area contributed by atoms with Gasteiger partial charge in [-0.3, -0.25) is 0 Å². The fourth-order valence-electron chi connectivity index (χ4n) is 0.996. The molecule has 0 spiro atoms. The van der Waals surface area contributed by atoms with Gasteiger partial charge in [-0.15, -0.1) is 10.2 Å². The van der Waals surface area contributed by atoms with Crippen LogP contribution in [-0.4, -0.2) is 0 Å². The third-order valence-corrected chi connectivity index (χ3v) is 1.96. The molecule has 1 aliphatic heterocycles. The van der Waals surface area contributed by atoms with E-state index in [1.807, 2.05) is 0 Å². The molecule has 1 heterocycles. The van der Waals surface area contributed by atoms with Crippen LogP contribution >= 0.6 is 11.6 Å². The number of halogens is 1. The molecule has 1 aromatic carbocycles. The van der Waals surface area contributed by atoms with Gasteiger partial charge in [-0.2, -0.15) is 0 Å². The van der Waals surface area contributed by atoms with Gasteiger partial charge in [-0.25, -0.2) is 0 Å². The molecule has 13 heavy (non-hydrogen) atoms. The first kappa shape index (κ1) is 8.04. The average molecular weight is 194 g/mol. The lowest BCUT2D eigenvalue weighted by molar-refractivity contribution is 0.678. The van der Waals surface area contributed by atoms with Crippen molar-refractivity contribution in [2.24, 2.45) is 15.3 Å². The topological polar surface area (TPSA) is 73.5 Å². The second kappa shape index (κ2) is 2.73. The van der Waals surface area contributed by atoms with E-state index >= 15 is 0 Å². The van der Waals surface area contributed by atoms with Gasteiger partial charge in [-0.05, 0) is 22.8 Å². The molecule has 6 heteroatoms. The van der Waals surface area contributed by atoms with E-state index in [2.05, 4.69) is 20.3 Å². The molecule has 0 aliphatic carbocycles. The van der Waals surface area contributed by atoms with E-state index in [4.69, 9.17) is 17.1 Å². The van der Waals surface area contributed by atoms with Crippen LogP contribution in [0.25, 0.3) is 10.4 Å². The van der Waals surface area contributed by atoms with E-state index in [0.29, 0.717) is 5.02 Å². The lowest BCUT2D eigenvalue weighted by Gasteiger charge is -2.02. The summed E-state index contributed by atoms with van der Waals surface area (Å²) < 4.78 is 0. The molecule has 1 aliphatic rings. The molecule has 0 radical (unpaired) electrons. The summed E-state index contributed by atoms with van der Waals surface area (Å²) in [6.07, 6.45) is 0. The predicted octanol–water partition coefficient (Wildman–Crippen LogP) is 3.23. The summed E-state index contributed by atoms with van der Waals surface area (Å²) in [4.78, 5) is 2.67. The van der Waals surface area contributed by atoms with Crippen LogP contribution < -0.4 is 0 Å². The molecule has 0 fully saturated rings. The molecule has 2 rings (SSSR count). The first-order valence-corrected chi connectivity index (χ1v) is 3.91. The fraction of sp³-hybridized carbons (Fsp3) is 0.143. The van der Waals surface area contributed by atoms with Crippen LogP contribution in [0.2, 0.25) is 5.02 Å². The molecule has 64 valence electrons. The highest BCUT2D eigenvalue weighted by molar-refractivity contribution is 6.30. The molecular weight excluding hydrogens is 190 g/mol. The Morgan fingerprint density at radius 2 is 1.92 bits per heavy atom. The fourth-order valence-corrected chi connectivity index (χ4v) is 1.12. The normalized spacial score (nSPS) is 16.4. The smallest absolute Gasteiger partial charge is 0.147 e. The van der Waals surface area contributed by atoms with Gasteiger partial charge in [0.05, 0.1) is 0 Å². The average Bonchev–Trinajstić information content (AvgIpc) is 2.87. The van der Waals surface area contributed by atoms with Crippen LogP contribution in [0.1, 0.15) is 5.56 Å². The van der Waals surface area contributed by atoms with Gasteiger partial charge in [0, 0.05) is 15.5 Å². The van der Waals surface area contributed by atoms with Crippen LogP contribution in [0.3, 0.4) is 0 Å². The molecule has 0 saturated carbocycles. The van der Waals surface area contributed by atoms with Gasteiger partial charge in [0.15, 0.2) is 0 Å². The van der Waals surface area contributed by atoms with Crippen molar-refractivity contribution in [3.05, 3.63) is 45.3 Å². The van der Waals surface area contributed by atoms with Crippen LogP contribution in [0.5, 0.6) is 0 Å². The number of hydrogen-bond donors (Lipinski definition) is 0. The van der Waals surface area contributed by atoms with Crippen molar-refractivity contribution >= 4 is 11.6 Å². The minimum atomic E-state index is -1.01. The van der Waals surface area contributed by atoms with Crippen LogP contribution in [0.15, 0.2) is 39.6 Å². The molecule has 0 amide bonds. The SMILES string of the molecule is [N-]=[N+]=NC1(c2ccc(Cl)cc2)N=N1. The standard InChI is InChI=1S/C7H4ClN5/c8-6-3-1-5(2-4-6)7(10-11-7)12-13-9/h1-4H. The van der Waals surface area contributed by atoms with Crippen molar-refractivity contribution in [3.63, 3.8) is 0 Å². The summed E-state index contributed by atoms with van der Waals surface area (Å²) in [5.41, 5.74) is 9.00. The zero-order valence-corrected chi connectivity index (χ0v) is 7.18. The Bertz CT molecular complexity index is 397. The van der Waals surface area contributed by atoms with E-state index in [9.17, 15) is 0 Å². The molecule has 1 aromatic rings. The van der Waals surface area contributed by atoms with Gasteiger partial charge < -0.3 is 0 Å². The van der Waals surface area contributed by atoms with Gasteiger partial charge >= 0.3 is 0 Å². The van der Waals surface area contributed by atoms with Crippen LogP contribution in [-0.2, 0) is 5.79 Å². The van der Waals surface area contributed by atoms with Crippen LogP contribution in [0.4, 0.5) is 0 Å². The van der Waals surface area contributed by atoms with E-state index in [-0.39, 0.29) is 0 Å². The summed E-state index contributed by atoms with van der Waals surface area (Å²) in [7, 11) is 0. The molecule has 0 N–H and O–H groups in total. The minimum Gasteiger partial charge on any atom is -0.147 e. The summed E-state index contributed by atoms with van der Waals surface area (Å²) in [5.74, 6) is -1.01. The first-order chi connectivity index (χ1) is 6.27. The van der Waals surface area contributed by atoms with Crippen molar-refractivity contribution in [2.75, 3.05) is 0 Å². The predicted molar refractivity (Wildman–Crippen MR) is 47.1 cm³/mol. The zero-order chi connectivity index (χ0) is 9.31. The lowest BCUT2D eigenvalue weighted by Crippen LogP contribution is -2.02. The molecule has 0 aromatic heterocycles. The van der Waals surface area contributed by atoms with E-state index in [1.54, 1.807) is 24.3 Å². The Kier molecular flexibility index (Phi) is 1.69. The summed E-state index contributed by atoms with van der Waals surface area (Å²) in [6.45, 7) is 0. The second-order valence-corrected chi connectivity index (χ2v) is 2.97. The number of rotatable bonds is 2. The highest BCUT2D eigenvalue weighted by atomic mass is 35.5. The highest BCUT2D eigenvalue weighted by Crippen LogP contribution is 2.41. The Morgan fingerprint density at radius 1 is 1.31 bits per heavy atom. The minimum absolute atomic E-state index is 0.625. The van der Waals surface area contributed by atoms with Crippen molar-refractivity contribution in [1.29, 1.82) is 0 Å². The monoisotopic (exact) mass is 193 g/mol. The number of benzene rings is 1. The summed E-state index contributed by atoms with van der Waals surface area (Å²) in [5, 5.41) is 11.5. The van der Waals surface area contributed by atoms with Gasteiger partial charge in [0.2, 0.25) is 0 Å². The highest BCUT2D eigenvalue weighted by Gasteiger charge is 2.41. The van der Waals surface area contributed by atoms with Crippen molar-refractivity contribution in [3.8, 4) is 0 Å². The van der Waals surface area contributed by atoms with Gasteiger partial charge in [0.1, 0.15) is 0 Å². The first-order valence-electron chi connectivity index (χ1n) is 3.53. The third-order valence-electron chi connectivity index (χ3n) is 1.71.